The molecule has 0 fully saturated rings. The Balaban J connectivity index is 1.92. The summed E-state index contributed by atoms with van der Waals surface area (Å²) in [5, 5.41) is 8.72. The molecular weight excluding hydrogens is 292 g/mol. The largest absolute Gasteiger partial charge is 0.205 e. The lowest BCUT2D eigenvalue weighted by molar-refractivity contribution is 0.571. The Morgan fingerprint density at radius 1 is 1.13 bits per heavy atom. The van der Waals surface area contributed by atoms with E-state index in [0.717, 1.165) is 12.8 Å². The number of halogens is 2. The zero-order chi connectivity index (χ0) is 16.7. The maximum absolute atomic E-state index is 13.7. The molecular formula is C20H23F2N. The summed E-state index contributed by atoms with van der Waals surface area (Å²) in [5.41, 5.74) is 1.40. The third kappa shape index (κ3) is 4.76. The van der Waals surface area contributed by atoms with Crippen LogP contribution in [0.2, 0.25) is 0 Å². The predicted octanol–water partition coefficient (Wildman–Crippen LogP) is 6.17. The Bertz CT molecular complexity index is 615. The second-order valence-corrected chi connectivity index (χ2v) is 6.12. The highest BCUT2D eigenvalue weighted by Gasteiger charge is 2.16. The number of hydrogen-bond acceptors (Lipinski definition) is 1. The van der Waals surface area contributed by atoms with Gasteiger partial charge in [-0.3, -0.25) is 0 Å². The maximum Gasteiger partial charge on any atom is 0.144 e. The molecule has 0 spiro atoms. The van der Waals surface area contributed by atoms with E-state index in [2.05, 4.69) is 19.1 Å². The van der Waals surface area contributed by atoms with E-state index in [-0.39, 0.29) is 5.92 Å². The van der Waals surface area contributed by atoms with Crippen LogP contribution < -0.4 is 0 Å². The van der Waals surface area contributed by atoms with Gasteiger partial charge in [-0.25, -0.2) is 8.78 Å². The summed E-state index contributed by atoms with van der Waals surface area (Å²) in [7, 11) is 0. The van der Waals surface area contributed by atoms with Crippen LogP contribution in [0.1, 0.15) is 68.9 Å². The number of unbranched alkanes of at least 4 members (excludes halogenated alkanes) is 4. The molecule has 122 valence electrons. The lowest BCUT2D eigenvalue weighted by atomic mass is 9.88. The Hall–Kier alpha value is -1.95. The quantitative estimate of drug-likeness (QED) is 0.552. The Kier molecular flexibility index (Phi) is 6.52. The molecule has 0 amide bonds. The van der Waals surface area contributed by atoms with Gasteiger partial charge in [0.1, 0.15) is 23.3 Å². The van der Waals surface area contributed by atoms with Crippen molar-refractivity contribution < 1.29 is 8.78 Å². The van der Waals surface area contributed by atoms with E-state index >= 15 is 0 Å². The molecule has 0 saturated carbocycles. The van der Waals surface area contributed by atoms with Crippen molar-refractivity contribution in [2.75, 3.05) is 0 Å². The van der Waals surface area contributed by atoms with E-state index in [0.29, 0.717) is 5.56 Å². The number of benzene rings is 1. The van der Waals surface area contributed by atoms with Gasteiger partial charge in [0.2, 0.25) is 0 Å². The summed E-state index contributed by atoms with van der Waals surface area (Å²) in [6, 6.07) is 4.11. The average molecular weight is 315 g/mol. The fourth-order valence-corrected chi connectivity index (χ4v) is 2.94. The van der Waals surface area contributed by atoms with Crippen molar-refractivity contribution in [1.29, 1.82) is 5.26 Å². The van der Waals surface area contributed by atoms with Gasteiger partial charge in [0, 0.05) is 5.92 Å². The van der Waals surface area contributed by atoms with E-state index in [4.69, 9.17) is 5.26 Å². The second-order valence-electron chi connectivity index (χ2n) is 6.12. The van der Waals surface area contributed by atoms with Crippen LogP contribution in [0.5, 0.6) is 0 Å². The van der Waals surface area contributed by atoms with E-state index in [1.165, 1.54) is 49.8 Å². The van der Waals surface area contributed by atoms with Gasteiger partial charge in [-0.15, -0.1) is 0 Å². The van der Waals surface area contributed by atoms with Crippen LogP contribution in [0, 0.1) is 23.0 Å². The Morgan fingerprint density at radius 3 is 2.39 bits per heavy atom. The van der Waals surface area contributed by atoms with Crippen LogP contribution in [0.25, 0.3) is 0 Å². The molecule has 0 N–H and O–H groups in total. The van der Waals surface area contributed by atoms with E-state index < -0.39 is 17.2 Å². The van der Waals surface area contributed by atoms with Crippen LogP contribution in [0.4, 0.5) is 8.78 Å². The van der Waals surface area contributed by atoms with Crippen molar-refractivity contribution in [3.63, 3.8) is 0 Å². The minimum absolute atomic E-state index is 0.0180. The molecule has 1 aromatic rings. The first kappa shape index (κ1) is 17.4. The average Bonchev–Trinajstić information content (AvgIpc) is 2.55. The summed E-state index contributed by atoms with van der Waals surface area (Å²) in [6.07, 6.45) is 14.4. The molecule has 0 saturated heterocycles. The highest BCUT2D eigenvalue weighted by Crippen LogP contribution is 2.30. The van der Waals surface area contributed by atoms with E-state index in [1.54, 1.807) is 6.07 Å². The van der Waals surface area contributed by atoms with Gasteiger partial charge < -0.3 is 0 Å². The summed E-state index contributed by atoms with van der Waals surface area (Å²) >= 11 is 0. The summed E-state index contributed by atoms with van der Waals surface area (Å²) < 4.78 is 27.4. The molecule has 2 rings (SSSR count). The molecule has 1 unspecified atom stereocenters. The number of allylic oxidation sites excluding steroid dienone is 4. The Morgan fingerprint density at radius 2 is 1.83 bits per heavy atom. The van der Waals surface area contributed by atoms with Gasteiger partial charge in [0.25, 0.3) is 0 Å². The lowest BCUT2D eigenvalue weighted by Gasteiger charge is -2.17. The van der Waals surface area contributed by atoms with Gasteiger partial charge >= 0.3 is 0 Å². The summed E-state index contributed by atoms with van der Waals surface area (Å²) in [6.45, 7) is 2.21. The van der Waals surface area contributed by atoms with Crippen molar-refractivity contribution in [3.05, 3.63) is 58.7 Å². The molecule has 1 atom stereocenters. The van der Waals surface area contributed by atoms with Crippen LogP contribution in [0.15, 0.2) is 35.9 Å². The third-order valence-corrected chi connectivity index (χ3v) is 4.35. The fraction of sp³-hybridized carbons (Fsp3) is 0.450. The van der Waals surface area contributed by atoms with Crippen molar-refractivity contribution >= 4 is 0 Å². The van der Waals surface area contributed by atoms with Crippen LogP contribution in [0.3, 0.4) is 0 Å². The van der Waals surface area contributed by atoms with Crippen molar-refractivity contribution in [3.8, 4) is 6.07 Å². The van der Waals surface area contributed by atoms with Crippen molar-refractivity contribution in [2.45, 2.75) is 57.8 Å². The molecule has 3 heteroatoms. The minimum atomic E-state index is -0.776. The molecule has 23 heavy (non-hydrogen) atoms. The normalized spacial score (nSPS) is 17.0. The number of nitrogens with zero attached hydrogens (tertiary/aromatic N) is 1. The zero-order valence-electron chi connectivity index (χ0n) is 13.6. The highest BCUT2D eigenvalue weighted by atomic mass is 19.1. The minimum Gasteiger partial charge on any atom is -0.205 e. The second kappa shape index (κ2) is 8.62. The highest BCUT2D eigenvalue weighted by molar-refractivity contribution is 5.39. The van der Waals surface area contributed by atoms with Crippen molar-refractivity contribution in [2.24, 2.45) is 0 Å². The van der Waals surface area contributed by atoms with Gasteiger partial charge in [-0.1, -0.05) is 56.4 Å². The standard InChI is InChI=1S/C20H23F2N/c1-2-3-4-5-6-7-15-8-10-16(11-9-15)17-12-19(21)18(14-23)20(22)13-17/h8-10,12-13,16H,2-7,11H2,1H3. The first-order valence-electron chi connectivity index (χ1n) is 8.42. The molecule has 0 radical (unpaired) electrons. The van der Waals surface area contributed by atoms with Gasteiger partial charge in [0.15, 0.2) is 0 Å². The summed E-state index contributed by atoms with van der Waals surface area (Å²) in [5.74, 6) is -1.57. The number of nitriles is 1. The first-order valence-corrected chi connectivity index (χ1v) is 8.42. The molecule has 0 aromatic heterocycles. The lowest BCUT2D eigenvalue weighted by Crippen LogP contribution is -2.02. The number of hydrogen-bond donors (Lipinski definition) is 0. The number of rotatable bonds is 7. The zero-order valence-corrected chi connectivity index (χ0v) is 13.6. The predicted molar refractivity (Wildman–Crippen MR) is 89.0 cm³/mol. The molecule has 0 aliphatic heterocycles. The van der Waals surface area contributed by atoms with E-state index in [9.17, 15) is 8.78 Å². The first-order chi connectivity index (χ1) is 11.2. The molecule has 1 aromatic carbocycles. The third-order valence-electron chi connectivity index (χ3n) is 4.35. The summed E-state index contributed by atoms with van der Waals surface area (Å²) in [4.78, 5) is 0. The van der Waals surface area contributed by atoms with Crippen LogP contribution in [-0.4, -0.2) is 0 Å². The van der Waals surface area contributed by atoms with Crippen LogP contribution >= 0.6 is 0 Å². The van der Waals surface area contributed by atoms with Gasteiger partial charge in [-0.05, 0) is 37.0 Å². The molecule has 0 bridgehead atoms. The van der Waals surface area contributed by atoms with E-state index in [1.807, 2.05) is 6.08 Å². The van der Waals surface area contributed by atoms with Gasteiger partial charge in [-0.2, -0.15) is 5.26 Å². The van der Waals surface area contributed by atoms with Gasteiger partial charge in [0.05, 0.1) is 0 Å². The maximum atomic E-state index is 13.7. The van der Waals surface area contributed by atoms with Crippen molar-refractivity contribution in [1.82, 2.24) is 0 Å². The Labute approximate surface area is 137 Å². The monoisotopic (exact) mass is 315 g/mol. The molecule has 0 heterocycles. The fourth-order valence-electron chi connectivity index (χ4n) is 2.94. The smallest absolute Gasteiger partial charge is 0.144 e. The van der Waals surface area contributed by atoms with Crippen LogP contribution in [-0.2, 0) is 0 Å². The molecule has 1 aliphatic rings. The topological polar surface area (TPSA) is 23.8 Å². The molecule has 1 aliphatic carbocycles. The molecule has 1 nitrogen and oxygen atoms in total. The SMILES string of the molecule is CCCCCCCC1=CCC(c2cc(F)c(C#N)c(F)c2)C=C1.